The zero-order chi connectivity index (χ0) is 13.3. The predicted molar refractivity (Wildman–Crippen MR) is 56.1 cm³/mol. The highest BCUT2D eigenvalue weighted by Gasteiger charge is 2.39. The van der Waals surface area contributed by atoms with Crippen LogP contribution in [0.2, 0.25) is 0 Å². The summed E-state index contributed by atoms with van der Waals surface area (Å²) in [7, 11) is 0. The second kappa shape index (κ2) is 4.29. The number of nitrogens with zero attached hydrogens (tertiary/aromatic N) is 1. The number of ketones is 1. The standard InChI is InChI=1S/C12H7F4NO/c13-9-2-1-3-10(6-9)17-5-4-8(7-17)11(18)12(14,15)16/h1-7H. The average molecular weight is 257 g/mol. The molecule has 0 atom stereocenters. The maximum Gasteiger partial charge on any atom is 0.454 e. The molecule has 0 spiro atoms. The maximum absolute atomic E-state index is 12.9. The molecule has 0 amide bonds. The van der Waals surface area contributed by atoms with E-state index in [2.05, 4.69) is 0 Å². The van der Waals surface area contributed by atoms with Crippen LogP contribution in [0.4, 0.5) is 17.6 Å². The van der Waals surface area contributed by atoms with Crippen molar-refractivity contribution in [2.24, 2.45) is 0 Å². The molecule has 0 saturated carbocycles. The third kappa shape index (κ3) is 2.42. The third-order valence-electron chi connectivity index (χ3n) is 2.32. The molecule has 0 bridgehead atoms. The average Bonchev–Trinajstić information content (AvgIpc) is 2.75. The minimum atomic E-state index is -4.91. The SMILES string of the molecule is O=C(c1ccn(-c2cccc(F)c2)c1)C(F)(F)F. The number of halogens is 4. The number of hydrogen-bond acceptors (Lipinski definition) is 1. The highest BCUT2D eigenvalue weighted by Crippen LogP contribution is 2.22. The van der Waals surface area contributed by atoms with Crippen LogP contribution < -0.4 is 0 Å². The van der Waals surface area contributed by atoms with Crippen molar-refractivity contribution >= 4 is 5.78 Å². The van der Waals surface area contributed by atoms with E-state index in [-0.39, 0.29) is 0 Å². The van der Waals surface area contributed by atoms with Gasteiger partial charge in [-0.25, -0.2) is 4.39 Å². The van der Waals surface area contributed by atoms with Crippen molar-refractivity contribution in [2.75, 3.05) is 0 Å². The topological polar surface area (TPSA) is 22.0 Å². The van der Waals surface area contributed by atoms with Crippen molar-refractivity contribution < 1.29 is 22.4 Å². The summed E-state index contributed by atoms with van der Waals surface area (Å²) in [6, 6.07) is 6.36. The molecule has 0 N–H and O–H groups in total. The van der Waals surface area contributed by atoms with Crippen molar-refractivity contribution in [2.45, 2.75) is 6.18 Å². The third-order valence-corrected chi connectivity index (χ3v) is 2.32. The molecule has 1 aromatic heterocycles. The summed E-state index contributed by atoms with van der Waals surface area (Å²) in [5, 5.41) is 0. The molecular formula is C12H7F4NO. The second-order valence-corrected chi connectivity index (χ2v) is 3.61. The lowest BCUT2D eigenvalue weighted by molar-refractivity contribution is -0.0885. The van der Waals surface area contributed by atoms with Gasteiger partial charge in [0.25, 0.3) is 5.78 Å². The minimum Gasteiger partial charge on any atom is -0.323 e. The summed E-state index contributed by atoms with van der Waals surface area (Å²) in [6.45, 7) is 0. The minimum absolute atomic E-state index is 0.344. The van der Waals surface area contributed by atoms with Crippen molar-refractivity contribution in [1.82, 2.24) is 4.57 Å². The Morgan fingerprint density at radius 1 is 1.17 bits per heavy atom. The Kier molecular flexibility index (Phi) is 2.94. The number of carbonyl (C=O) groups excluding carboxylic acids is 1. The van der Waals surface area contributed by atoms with E-state index in [0.717, 1.165) is 18.3 Å². The summed E-state index contributed by atoms with van der Waals surface area (Å²) < 4.78 is 50.8. The Morgan fingerprint density at radius 3 is 2.50 bits per heavy atom. The molecule has 0 aliphatic rings. The van der Waals surface area contributed by atoms with Gasteiger partial charge in [0, 0.05) is 23.6 Å². The molecule has 2 aromatic rings. The molecule has 0 aliphatic carbocycles. The van der Waals surface area contributed by atoms with E-state index in [9.17, 15) is 22.4 Å². The fourth-order valence-electron chi connectivity index (χ4n) is 1.49. The molecule has 1 heterocycles. The molecule has 0 unspecified atom stereocenters. The van der Waals surface area contributed by atoms with Gasteiger partial charge in [-0.15, -0.1) is 0 Å². The lowest BCUT2D eigenvalue weighted by Gasteiger charge is -2.03. The Balaban J connectivity index is 2.34. The van der Waals surface area contributed by atoms with Crippen molar-refractivity contribution in [3.8, 4) is 5.69 Å². The summed E-state index contributed by atoms with van der Waals surface area (Å²) in [5.41, 5.74) is -0.136. The molecular weight excluding hydrogens is 250 g/mol. The summed E-state index contributed by atoms with van der Waals surface area (Å²) in [5.74, 6) is -2.43. The molecule has 0 saturated heterocycles. The quantitative estimate of drug-likeness (QED) is 0.597. The van der Waals surface area contributed by atoms with Crippen LogP contribution >= 0.6 is 0 Å². The van der Waals surface area contributed by atoms with Crippen LogP contribution in [0.25, 0.3) is 5.69 Å². The summed E-state index contributed by atoms with van der Waals surface area (Å²) in [6.07, 6.45) is -2.62. The molecule has 2 nitrogen and oxygen atoms in total. The van der Waals surface area contributed by atoms with Gasteiger partial charge < -0.3 is 4.57 Å². The van der Waals surface area contributed by atoms with Gasteiger partial charge in [0.15, 0.2) is 0 Å². The predicted octanol–water partition coefficient (Wildman–Crippen LogP) is 3.36. The van der Waals surface area contributed by atoms with Crippen molar-refractivity contribution in [3.63, 3.8) is 0 Å². The first-order valence-corrected chi connectivity index (χ1v) is 4.93. The van der Waals surface area contributed by atoms with Gasteiger partial charge in [0.2, 0.25) is 0 Å². The summed E-state index contributed by atoms with van der Waals surface area (Å²) >= 11 is 0. The van der Waals surface area contributed by atoms with Gasteiger partial charge in [0.1, 0.15) is 5.82 Å². The number of hydrogen-bond donors (Lipinski definition) is 0. The Labute approximate surface area is 99.5 Å². The van der Waals surface area contributed by atoms with E-state index >= 15 is 0 Å². The van der Waals surface area contributed by atoms with Gasteiger partial charge in [0.05, 0.1) is 0 Å². The second-order valence-electron chi connectivity index (χ2n) is 3.61. The molecule has 18 heavy (non-hydrogen) atoms. The van der Waals surface area contributed by atoms with Gasteiger partial charge in [-0.05, 0) is 24.3 Å². The highest BCUT2D eigenvalue weighted by molar-refractivity contribution is 6.00. The molecule has 94 valence electrons. The van der Waals surface area contributed by atoms with E-state index in [1.807, 2.05) is 0 Å². The maximum atomic E-state index is 12.9. The largest absolute Gasteiger partial charge is 0.454 e. The van der Waals surface area contributed by atoms with E-state index in [1.54, 1.807) is 0 Å². The Bertz CT molecular complexity index is 586. The zero-order valence-corrected chi connectivity index (χ0v) is 8.91. The lowest BCUT2D eigenvalue weighted by atomic mass is 10.2. The fourth-order valence-corrected chi connectivity index (χ4v) is 1.49. The number of carbonyl (C=O) groups is 1. The summed E-state index contributed by atoms with van der Waals surface area (Å²) in [4.78, 5) is 11.0. The van der Waals surface area contributed by atoms with E-state index in [0.29, 0.717) is 5.69 Å². The van der Waals surface area contributed by atoms with E-state index in [4.69, 9.17) is 0 Å². The normalized spacial score (nSPS) is 11.6. The Morgan fingerprint density at radius 2 is 1.89 bits per heavy atom. The van der Waals surface area contributed by atoms with Gasteiger partial charge in [-0.2, -0.15) is 13.2 Å². The van der Waals surface area contributed by atoms with Gasteiger partial charge in [-0.1, -0.05) is 6.07 Å². The molecule has 0 aliphatic heterocycles. The van der Waals surface area contributed by atoms with Crippen LogP contribution in [-0.2, 0) is 0 Å². The number of rotatable bonds is 2. The van der Waals surface area contributed by atoms with E-state index < -0.39 is 23.3 Å². The number of benzene rings is 1. The molecule has 2 rings (SSSR count). The monoisotopic (exact) mass is 257 g/mol. The number of Topliss-reactive ketones (excluding diaryl/α,β-unsaturated/α-hetero) is 1. The van der Waals surface area contributed by atoms with Crippen LogP contribution in [0.15, 0.2) is 42.7 Å². The van der Waals surface area contributed by atoms with E-state index in [1.165, 1.54) is 29.0 Å². The first-order chi connectivity index (χ1) is 8.38. The van der Waals surface area contributed by atoms with Crippen molar-refractivity contribution in [1.29, 1.82) is 0 Å². The Hall–Kier alpha value is -2.11. The van der Waals surface area contributed by atoms with Gasteiger partial charge in [-0.3, -0.25) is 4.79 Å². The van der Waals surface area contributed by atoms with Crippen LogP contribution in [0.1, 0.15) is 10.4 Å². The fraction of sp³-hybridized carbons (Fsp3) is 0.0833. The number of alkyl halides is 3. The van der Waals surface area contributed by atoms with Crippen LogP contribution in [0.5, 0.6) is 0 Å². The van der Waals surface area contributed by atoms with Crippen molar-refractivity contribution in [3.05, 3.63) is 54.1 Å². The van der Waals surface area contributed by atoms with Gasteiger partial charge >= 0.3 is 6.18 Å². The zero-order valence-electron chi connectivity index (χ0n) is 8.91. The lowest BCUT2D eigenvalue weighted by Crippen LogP contribution is -2.22. The first-order valence-electron chi connectivity index (χ1n) is 4.93. The van der Waals surface area contributed by atoms with Crippen LogP contribution in [-0.4, -0.2) is 16.5 Å². The molecule has 0 fully saturated rings. The molecule has 0 radical (unpaired) electrons. The van der Waals surface area contributed by atoms with Crippen LogP contribution in [0, 0.1) is 5.82 Å². The first kappa shape index (κ1) is 12.3. The van der Waals surface area contributed by atoms with Crippen LogP contribution in [0.3, 0.4) is 0 Å². The number of aromatic nitrogens is 1. The highest BCUT2D eigenvalue weighted by atomic mass is 19.4. The smallest absolute Gasteiger partial charge is 0.323 e. The molecule has 1 aromatic carbocycles. The molecule has 6 heteroatoms.